The lowest BCUT2D eigenvalue weighted by molar-refractivity contribution is -0.00444. The molecule has 2 atom stereocenters. The largest absolute Gasteiger partial charge is 0.389 e. The third-order valence-electron chi connectivity index (χ3n) is 3.17. The standard InChI is InChI=1S/C16H25BrFNO2/c1-10(2)5-12(4)21-9-13(20)8-19-16-7-15(18)14(17)6-11(16)3/h6-7,10,12-13,19-20H,5,8-9H2,1-4H3. The lowest BCUT2D eigenvalue weighted by Crippen LogP contribution is -2.27. The van der Waals surface area contributed by atoms with Crippen molar-refractivity contribution in [3.8, 4) is 0 Å². The van der Waals surface area contributed by atoms with Crippen LogP contribution in [-0.4, -0.2) is 30.5 Å². The smallest absolute Gasteiger partial charge is 0.139 e. The van der Waals surface area contributed by atoms with E-state index in [-0.39, 0.29) is 18.5 Å². The van der Waals surface area contributed by atoms with Gasteiger partial charge >= 0.3 is 0 Å². The van der Waals surface area contributed by atoms with E-state index in [0.29, 0.717) is 22.6 Å². The number of hydrogen-bond acceptors (Lipinski definition) is 3. The third kappa shape index (κ3) is 6.76. The van der Waals surface area contributed by atoms with E-state index in [1.165, 1.54) is 6.07 Å². The highest BCUT2D eigenvalue weighted by Crippen LogP contribution is 2.23. The molecule has 5 heteroatoms. The number of aryl methyl sites for hydroxylation is 1. The van der Waals surface area contributed by atoms with Crippen LogP contribution in [0.3, 0.4) is 0 Å². The van der Waals surface area contributed by atoms with Gasteiger partial charge in [0, 0.05) is 12.2 Å². The molecule has 2 unspecified atom stereocenters. The second-order valence-electron chi connectivity index (χ2n) is 5.89. The van der Waals surface area contributed by atoms with Gasteiger partial charge in [-0.15, -0.1) is 0 Å². The summed E-state index contributed by atoms with van der Waals surface area (Å²) in [7, 11) is 0. The fraction of sp³-hybridized carbons (Fsp3) is 0.625. The monoisotopic (exact) mass is 361 g/mol. The van der Waals surface area contributed by atoms with Gasteiger partial charge in [0.2, 0.25) is 0 Å². The normalized spacial score (nSPS) is 14.3. The summed E-state index contributed by atoms with van der Waals surface area (Å²) in [5, 5.41) is 13.0. The van der Waals surface area contributed by atoms with Crippen molar-refractivity contribution in [3.05, 3.63) is 28.0 Å². The number of halogens is 2. The van der Waals surface area contributed by atoms with Crippen molar-refractivity contribution in [2.45, 2.75) is 46.3 Å². The molecular formula is C16H25BrFNO2. The Morgan fingerprint density at radius 1 is 1.33 bits per heavy atom. The van der Waals surface area contributed by atoms with Gasteiger partial charge in [-0.1, -0.05) is 13.8 Å². The fourth-order valence-corrected chi connectivity index (χ4v) is 2.59. The van der Waals surface area contributed by atoms with Crippen molar-refractivity contribution in [3.63, 3.8) is 0 Å². The Morgan fingerprint density at radius 3 is 2.62 bits per heavy atom. The van der Waals surface area contributed by atoms with Crippen LogP contribution in [0.4, 0.5) is 10.1 Å². The van der Waals surface area contributed by atoms with Gasteiger partial charge in [-0.3, -0.25) is 0 Å². The van der Waals surface area contributed by atoms with Crippen LogP contribution in [0.2, 0.25) is 0 Å². The Labute approximate surface area is 135 Å². The molecule has 0 saturated heterocycles. The molecule has 1 rings (SSSR count). The van der Waals surface area contributed by atoms with Crippen molar-refractivity contribution < 1.29 is 14.2 Å². The minimum Gasteiger partial charge on any atom is -0.389 e. The van der Waals surface area contributed by atoms with Crippen LogP contribution in [0.15, 0.2) is 16.6 Å². The van der Waals surface area contributed by atoms with E-state index in [1.54, 1.807) is 6.07 Å². The van der Waals surface area contributed by atoms with E-state index < -0.39 is 6.10 Å². The Kier molecular flexibility index (Phi) is 7.63. The van der Waals surface area contributed by atoms with Gasteiger partial charge in [0.25, 0.3) is 0 Å². The van der Waals surface area contributed by atoms with Crippen LogP contribution < -0.4 is 5.32 Å². The molecule has 0 aromatic heterocycles. The summed E-state index contributed by atoms with van der Waals surface area (Å²) in [6, 6.07) is 3.14. The first-order valence-corrected chi connectivity index (χ1v) is 8.08. The number of hydrogen-bond donors (Lipinski definition) is 2. The van der Waals surface area contributed by atoms with Crippen molar-refractivity contribution in [1.29, 1.82) is 0 Å². The maximum atomic E-state index is 13.5. The fourth-order valence-electron chi connectivity index (χ4n) is 2.13. The second-order valence-corrected chi connectivity index (χ2v) is 6.74. The molecular weight excluding hydrogens is 337 g/mol. The molecule has 0 aliphatic heterocycles. The first-order chi connectivity index (χ1) is 9.79. The van der Waals surface area contributed by atoms with E-state index in [4.69, 9.17) is 4.74 Å². The molecule has 0 aliphatic carbocycles. The SMILES string of the molecule is Cc1cc(Br)c(F)cc1NCC(O)COC(C)CC(C)C. The van der Waals surface area contributed by atoms with Crippen LogP contribution in [0, 0.1) is 18.7 Å². The van der Waals surface area contributed by atoms with Gasteiger partial charge in [0.1, 0.15) is 5.82 Å². The van der Waals surface area contributed by atoms with Crippen LogP contribution in [0.25, 0.3) is 0 Å². The Morgan fingerprint density at radius 2 is 2.00 bits per heavy atom. The molecule has 0 radical (unpaired) electrons. The molecule has 0 spiro atoms. The van der Waals surface area contributed by atoms with Crippen molar-refractivity contribution >= 4 is 21.6 Å². The highest BCUT2D eigenvalue weighted by atomic mass is 79.9. The molecule has 0 amide bonds. The van der Waals surface area contributed by atoms with Crippen molar-refractivity contribution in [2.75, 3.05) is 18.5 Å². The van der Waals surface area contributed by atoms with Gasteiger partial charge in [0.15, 0.2) is 0 Å². The Hall–Kier alpha value is -0.650. The van der Waals surface area contributed by atoms with Gasteiger partial charge in [-0.25, -0.2) is 4.39 Å². The number of aliphatic hydroxyl groups is 1. The summed E-state index contributed by atoms with van der Waals surface area (Å²) in [5.74, 6) is 0.253. The number of rotatable bonds is 8. The maximum Gasteiger partial charge on any atom is 0.139 e. The molecule has 3 nitrogen and oxygen atoms in total. The molecule has 1 aromatic rings. The highest BCUT2D eigenvalue weighted by molar-refractivity contribution is 9.10. The van der Waals surface area contributed by atoms with E-state index in [9.17, 15) is 9.50 Å². The van der Waals surface area contributed by atoms with Gasteiger partial charge < -0.3 is 15.2 Å². The summed E-state index contributed by atoms with van der Waals surface area (Å²) in [5.41, 5.74) is 1.61. The topological polar surface area (TPSA) is 41.5 Å². The first kappa shape index (κ1) is 18.4. The average molecular weight is 362 g/mol. The van der Waals surface area contributed by atoms with Crippen molar-refractivity contribution in [2.24, 2.45) is 5.92 Å². The number of nitrogens with one attached hydrogen (secondary N) is 1. The lowest BCUT2D eigenvalue weighted by atomic mass is 10.1. The first-order valence-electron chi connectivity index (χ1n) is 7.28. The summed E-state index contributed by atoms with van der Waals surface area (Å²) < 4.78 is 19.5. The lowest BCUT2D eigenvalue weighted by Gasteiger charge is -2.19. The van der Waals surface area contributed by atoms with Crippen LogP contribution in [-0.2, 0) is 4.74 Å². The molecule has 120 valence electrons. The van der Waals surface area contributed by atoms with Gasteiger partial charge in [-0.05, 0) is 59.8 Å². The van der Waals surface area contributed by atoms with E-state index in [2.05, 4.69) is 35.1 Å². The number of anilines is 1. The van der Waals surface area contributed by atoms with Gasteiger partial charge in [0.05, 0.1) is 23.3 Å². The zero-order valence-electron chi connectivity index (χ0n) is 13.1. The van der Waals surface area contributed by atoms with Gasteiger partial charge in [-0.2, -0.15) is 0 Å². The van der Waals surface area contributed by atoms with E-state index >= 15 is 0 Å². The van der Waals surface area contributed by atoms with Crippen LogP contribution in [0.1, 0.15) is 32.8 Å². The predicted octanol–water partition coefficient (Wildman–Crippen LogP) is 4.12. The Balaban J connectivity index is 2.39. The zero-order valence-corrected chi connectivity index (χ0v) is 14.7. The molecule has 2 N–H and O–H groups in total. The third-order valence-corrected chi connectivity index (χ3v) is 3.78. The summed E-state index contributed by atoms with van der Waals surface area (Å²) in [4.78, 5) is 0. The molecule has 0 saturated carbocycles. The van der Waals surface area contributed by atoms with E-state index in [1.807, 2.05) is 13.8 Å². The summed E-state index contributed by atoms with van der Waals surface area (Å²) in [6.07, 6.45) is 0.481. The van der Waals surface area contributed by atoms with Crippen LogP contribution in [0.5, 0.6) is 0 Å². The zero-order chi connectivity index (χ0) is 16.0. The summed E-state index contributed by atoms with van der Waals surface area (Å²) >= 11 is 3.15. The number of ether oxygens (including phenoxy) is 1. The molecule has 0 aliphatic rings. The van der Waals surface area contributed by atoms with Crippen molar-refractivity contribution in [1.82, 2.24) is 0 Å². The maximum absolute atomic E-state index is 13.5. The number of aliphatic hydroxyl groups excluding tert-OH is 1. The van der Waals surface area contributed by atoms with E-state index in [0.717, 1.165) is 12.0 Å². The minimum atomic E-state index is -0.620. The summed E-state index contributed by atoms with van der Waals surface area (Å²) in [6.45, 7) is 8.79. The number of benzene rings is 1. The quantitative estimate of drug-likeness (QED) is 0.731. The molecule has 21 heavy (non-hydrogen) atoms. The molecule has 1 aromatic carbocycles. The second kappa shape index (κ2) is 8.71. The predicted molar refractivity (Wildman–Crippen MR) is 88.2 cm³/mol. The molecule has 0 bridgehead atoms. The van der Waals surface area contributed by atoms with Crippen LogP contribution >= 0.6 is 15.9 Å². The average Bonchev–Trinajstić information content (AvgIpc) is 2.38. The minimum absolute atomic E-state index is 0.131. The highest BCUT2D eigenvalue weighted by Gasteiger charge is 2.11. The Bertz CT molecular complexity index is 454. The molecule has 0 fully saturated rings. The molecule has 0 heterocycles.